The lowest BCUT2D eigenvalue weighted by Gasteiger charge is -2.27. The minimum atomic E-state index is -0.177. The number of hydrogen-bond donors (Lipinski definition) is 1. The molecule has 23 heavy (non-hydrogen) atoms. The van der Waals surface area contributed by atoms with Crippen LogP contribution in [0, 0.1) is 0 Å². The van der Waals surface area contributed by atoms with Crippen LogP contribution in [0.2, 0.25) is 10.0 Å². The maximum Gasteiger partial charge on any atom is 0.318 e. The van der Waals surface area contributed by atoms with Crippen molar-refractivity contribution >= 4 is 29.2 Å². The second-order valence-corrected chi connectivity index (χ2v) is 6.23. The molecule has 2 aromatic rings. The number of carbonyl (C=O) groups excluding carboxylic acids is 1. The number of nitrogens with one attached hydrogen (secondary N) is 1. The molecule has 1 aromatic carbocycles. The highest BCUT2D eigenvalue weighted by Crippen LogP contribution is 2.26. The molecule has 2 unspecified atom stereocenters. The molecule has 4 nitrogen and oxygen atoms in total. The van der Waals surface area contributed by atoms with Crippen LogP contribution >= 0.6 is 23.2 Å². The van der Waals surface area contributed by atoms with Gasteiger partial charge in [0.1, 0.15) is 0 Å². The van der Waals surface area contributed by atoms with Crippen LogP contribution in [-0.4, -0.2) is 23.0 Å². The average Bonchev–Trinajstić information content (AvgIpc) is 2.56. The van der Waals surface area contributed by atoms with E-state index in [-0.39, 0.29) is 18.1 Å². The van der Waals surface area contributed by atoms with Gasteiger partial charge in [-0.25, -0.2) is 4.79 Å². The largest absolute Gasteiger partial charge is 0.331 e. The zero-order valence-electron chi connectivity index (χ0n) is 13.3. The summed E-state index contributed by atoms with van der Waals surface area (Å²) < 4.78 is 0. The molecule has 1 heterocycles. The number of amides is 2. The second-order valence-electron chi connectivity index (χ2n) is 5.41. The van der Waals surface area contributed by atoms with E-state index in [2.05, 4.69) is 10.3 Å². The van der Waals surface area contributed by atoms with Crippen LogP contribution in [0.4, 0.5) is 4.79 Å². The van der Waals surface area contributed by atoms with Gasteiger partial charge in [0.15, 0.2) is 0 Å². The van der Waals surface area contributed by atoms with Gasteiger partial charge in [0.25, 0.3) is 0 Å². The lowest BCUT2D eigenvalue weighted by Crippen LogP contribution is -2.39. The van der Waals surface area contributed by atoms with Crippen molar-refractivity contribution in [3.8, 4) is 0 Å². The highest BCUT2D eigenvalue weighted by atomic mass is 35.5. The van der Waals surface area contributed by atoms with Crippen molar-refractivity contribution in [2.75, 3.05) is 7.05 Å². The number of carbonyl (C=O) groups is 1. The van der Waals surface area contributed by atoms with Gasteiger partial charge in [-0.15, -0.1) is 0 Å². The monoisotopic (exact) mass is 351 g/mol. The Morgan fingerprint density at radius 1 is 1.09 bits per heavy atom. The summed E-state index contributed by atoms with van der Waals surface area (Å²) in [5, 5.41) is 3.94. The molecule has 1 aromatic heterocycles. The Bertz CT molecular complexity index is 679. The number of hydrogen-bond acceptors (Lipinski definition) is 2. The Morgan fingerprint density at radius 2 is 1.74 bits per heavy atom. The molecule has 0 spiro atoms. The summed E-state index contributed by atoms with van der Waals surface area (Å²) in [6.07, 6.45) is 3.44. The van der Waals surface area contributed by atoms with E-state index in [0.717, 1.165) is 11.1 Å². The molecular weight excluding hydrogens is 333 g/mol. The first-order chi connectivity index (χ1) is 10.9. The predicted octanol–water partition coefficient (Wildman–Crippen LogP) is 4.85. The van der Waals surface area contributed by atoms with Crippen molar-refractivity contribution in [3.63, 3.8) is 0 Å². The highest BCUT2D eigenvalue weighted by Gasteiger charge is 2.19. The van der Waals surface area contributed by atoms with E-state index in [9.17, 15) is 4.79 Å². The predicted molar refractivity (Wildman–Crippen MR) is 93.8 cm³/mol. The van der Waals surface area contributed by atoms with Gasteiger partial charge in [-0.2, -0.15) is 0 Å². The highest BCUT2D eigenvalue weighted by molar-refractivity contribution is 6.42. The Balaban J connectivity index is 2.04. The van der Waals surface area contributed by atoms with Crippen molar-refractivity contribution in [2.45, 2.75) is 25.9 Å². The number of aromatic nitrogens is 1. The molecule has 0 aliphatic rings. The van der Waals surface area contributed by atoms with Gasteiger partial charge in [0.2, 0.25) is 0 Å². The number of halogens is 2. The molecule has 0 saturated carbocycles. The van der Waals surface area contributed by atoms with Gasteiger partial charge >= 0.3 is 6.03 Å². The molecule has 1 N–H and O–H groups in total. The molecule has 0 aliphatic heterocycles. The molecule has 0 radical (unpaired) electrons. The van der Waals surface area contributed by atoms with Crippen LogP contribution in [0.1, 0.15) is 37.1 Å². The summed E-state index contributed by atoms with van der Waals surface area (Å²) in [6, 6.07) is 8.75. The van der Waals surface area contributed by atoms with E-state index in [1.54, 1.807) is 36.5 Å². The van der Waals surface area contributed by atoms with Crippen molar-refractivity contribution in [1.82, 2.24) is 15.2 Å². The average molecular weight is 352 g/mol. The normalized spacial score (nSPS) is 13.3. The molecule has 122 valence electrons. The Hall–Kier alpha value is -1.78. The van der Waals surface area contributed by atoms with E-state index in [1.807, 2.05) is 32.0 Å². The molecule has 2 atom stereocenters. The van der Waals surface area contributed by atoms with Gasteiger partial charge in [-0.3, -0.25) is 4.98 Å². The Kier molecular flexibility index (Phi) is 5.85. The molecule has 0 saturated heterocycles. The Morgan fingerprint density at radius 3 is 2.35 bits per heavy atom. The Labute approximate surface area is 146 Å². The van der Waals surface area contributed by atoms with Crippen LogP contribution in [0.5, 0.6) is 0 Å². The third-order valence-corrected chi connectivity index (χ3v) is 4.61. The van der Waals surface area contributed by atoms with Crippen LogP contribution in [0.25, 0.3) is 0 Å². The summed E-state index contributed by atoms with van der Waals surface area (Å²) in [6.45, 7) is 3.88. The third kappa shape index (κ3) is 4.36. The topological polar surface area (TPSA) is 45.2 Å². The van der Waals surface area contributed by atoms with Crippen molar-refractivity contribution < 1.29 is 4.79 Å². The van der Waals surface area contributed by atoms with E-state index in [0.29, 0.717) is 10.0 Å². The maximum absolute atomic E-state index is 12.4. The van der Waals surface area contributed by atoms with Gasteiger partial charge in [0.05, 0.1) is 22.1 Å². The summed E-state index contributed by atoms with van der Waals surface area (Å²) in [7, 11) is 1.77. The first-order valence-corrected chi connectivity index (χ1v) is 8.04. The van der Waals surface area contributed by atoms with E-state index in [1.165, 1.54) is 0 Å². The number of pyridine rings is 1. The lowest BCUT2D eigenvalue weighted by atomic mass is 10.1. The first-order valence-electron chi connectivity index (χ1n) is 7.28. The summed E-state index contributed by atoms with van der Waals surface area (Å²) in [5.74, 6) is 0. The van der Waals surface area contributed by atoms with E-state index < -0.39 is 0 Å². The molecular formula is C17H19Cl2N3O. The summed E-state index contributed by atoms with van der Waals surface area (Å²) in [5.41, 5.74) is 1.93. The molecule has 6 heteroatoms. The summed E-state index contributed by atoms with van der Waals surface area (Å²) in [4.78, 5) is 18.1. The number of benzene rings is 1. The minimum absolute atomic E-state index is 0.0565. The van der Waals surface area contributed by atoms with Crippen LogP contribution < -0.4 is 5.32 Å². The van der Waals surface area contributed by atoms with E-state index in [4.69, 9.17) is 23.2 Å². The van der Waals surface area contributed by atoms with Crippen molar-refractivity contribution in [2.24, 2.45) is 0 Å². The van der Waals surface area contributed by atoms with Crippen molar-refractivity contribution in [3.05, 3.63) is 63.9 Å². The van der Waals surface area contributed by atoms with Crippen LogP contribution in [0.3, 0.4) is 0 Å². The fourth-order valence-corrected chi connectivity index (χ4v) is 2.50. The molecule has 0 aliphatic carbocycles. The third-order valence-electron chi connectivity index (χ3n) is 3.87. The van der Waals surface area contributed by atoms with Crippen molar-refractivity contribution in [1.29, 1.82) is 0 Å². The minimum Gasteiger partial charge on any atom is -0.331 e. The number of urea groups is 1. The summed E-state index contributed by atoms with van der Waals surface area (Å²) >= 11 is 11.9. The second kappa shape index (κ2) is 7.66. The number of nitrogens with zero attached hydrogens (tertiary/aromatic N) is 2. The quantitative estimate of drug-likeness (QED) is 0.855. The molecule has 2 amide bonds. The number of rotatable bonds is 4. The van der Waals surface area contributed by atoms with Gasteiger partial charge < -0.3 is 10.2 Å². The van der Waals surface area contributed by atoms with Gasteiger partial charge in [-0.05, 0) is 49.2 Å². The van der Waals surface area contributed by atoms with Gasteiger partial charge in [-0.1, -0.05) is 29.3 Å². The molecule has 0 bridgehead atoms. The van der Waals surface area contributed by atoms with E-state index >= 15 is 0 Å². The fourth-order valence-electron chi connectivity index (χ4n) is 2.19. The SMILES string of the molecule is CC(NC(=O)N(C)C(C)c1ccncc1)c1ccc(Cl)c(Cl)c1. The zero-order chi connectivity index (χ0) is 17.0. The smallest absolute Gasteiger partial charge is 0.318 e. The molecule has 0 fully saturated rings. The zero-order valence-corrected chi connectivity index (χ0v) is 14.8. The first kappa shape index (κ1) is 17.6. The lowest BCUT2D eigenvalue weighted by molar-refractivity contribution is 0.191. The molecule has 2 rings (SSSR count). The standard InChI is InChI=1S/C17H19Cl2N3O/c1-11(14-4-5-15(18)16(19)10-14)21-17(23)22(3)12(2)13-6-8-20-9-7-13/h4-12H,1-3H3,(H,21,23). The fraction of sp³-hybridized carbons (Fsp3) is 0.294. The van der Waals surface area contributed by atoms with Crippen LogP contribution in [0.15, 0.2) is 42.7 Å². The maximum atomic E-state index is 12.4. The van der Waals surface area contributed by atoms with Gasteiger partial charge in [0, 0.05) is 19.4 Å². The van der Waals surface area contributed by atoms with Crippen LogP contribution in [-0.2, 0) is 0 Å².